The number of hydrogen-bond donors (Lipinski definition) is 0. The molecular weight excluding hydrogens is 274 g/mol. The van der Waals surface area contributed by atoms with Crippen molar-refractivity contribution in [1.29, 1.82) is 0 Å². The summed E-state index contributed by atoms with van der Waals surface area (Å²) in [6.45, 7) is 8.22. The van der Waals surface area contributed by atoms with E-state index in [1.807, 2.05) is 35.7 Å². The van der Waals surface area contributed by atoms with Crippen LogP contribution < -0.4 is 0 Å². The lowest BCUT2D eigenvalue weighted by molar-refractivity contribution is 0.102. The summed E-state index contributed by atoms with van der Waals surface area (Å²) in [6.07, 6.45) is 3.54. The van der Waals surface area contributed by atoms with Crippen molar-refractivity contribution in [2.24, 2.45) is 0 Å². The lowest BCUT2D eigenvalue weighted by atomic mass is 9.89. The van der Waals surface area contributed by atoms with E-state index in [9.17, 15) is 4.79 Å². The minimum atomic E-state index is -0.223. The molecule has 0 aliphatic heterocycles. The molecule has 0 unspecified atom stereocenters. The van der Waals surface area contributed by atoms with E-state index < -0.39 is 0 Å². The second-order valence-corrected chi connectivity index (χ2v) is 6.54. The number of aromatic nitrogens is 3. The summed E-state index contributed by atoms with van der Waals surface area (Å²) in [5.74, 6) is -0.0955. The van der Waals surface area contributed by atoms with Crippen molar-refractivity contribution in [1.82, 2.24) is 14.4 Å². The molecule has 3 aromatic heterocycles. The molecule has 4 nitrogen and oxygen atoms in total. The number of ketones is 1. The van der Waals surface area contributed by atoms with Crippen LogP contribution in [0, 0.1) is 6.92 Å². The maximum Gasteiger partial charge on any atom is 0.229 e. The maximum atomic E-state index is 13.0. The highest BCUT2D eigenvalue weighted by Crippen LogP contribution is 2.28. The summed E-state index contributed by atoms with van der Waals surface area (Å²) in [4.78, 5) is 21.8. The van der Waals surface area contributed by atoms with Crippen LogP contribution in [0.3, 0.4) is 0 Å². The molecule has 0 N–H and O–H groups in total. The van der Waals surface area contributed by atoms with Crippen molar-refractivity contribution in [3.8, 4) is 0 Å². The zero-order chi connectivity index (χ0) is 15.9. The predicted octanol–water partition coefficient (Wildman–Crippen LogP) is 3.57. The summed E-state index contributed by atoms with van der Waals surface area (Å²) >= 11 is 0. The molecule has 3 aromatic rings. The molecule has 0 atom stereocenters. The smallest absolute Gasteiger partial charge is 0.229 e. The number of fused-ring (bicyclic) bond motifs is 1. The Morgan fingerprint density at radius 3 is 2.59 bits per heavy atom. The molecule has 112 valence electrons. The Hall–Kier alpha value is -2.49. The summed E-state index contributed by atoms with van der Waals surface area (Å²) in [5, 5.41) is 0. The van der Waals surface area contributed by atoms with Gasteiger partial charge in [-0.3, -0.25) is 14.2 Å². The Morgan fingerprint density at radius 1 is 1.18 bits per heavy atom. The number of rotatable bonds is 2. The number of nitrogens with zero attached hydrogens (tertiary/aromatic N) is 3. The molecule has 22 heavy (non-hydrogen) atoms. The van der Waals surface area contributed by atoms with Crippen molar-refractivity contribution >= 4 is 11.4 Å². The minimum Gasteiger partial charge on any atom is -0.296 e. The Labute approximate surface area is 129 Å². The Morgan fingerprint density at radius 2 is 1.95 bits per heavy atom. The zero-order valence-corrected chi connectivity index (χ0v) is 13.3. The molecule has 0 saturated carbocycles. The van der Waals surface area contributed by atoms with Crippen LogP contribution >= 0.6 is 0 Å². The molecule has 0 radical (unpaired) electrons. The van der Waals surface area contributed by atoms with Gasteiger partial charge >= 0.3 is 0 Å². The van der Waals surface area contributed by atoms with Crippen LogP contribution in [0.2, 0.25) is 0 Å². The average Bonchev–Trinajstić information content (AvgIpc) is 2.86. The Balaban J connectivity index is 2.29. The van der Waals surface area contributed by atoms with Crippen molar-refractivity contribution in [3.63, 3.8) is 0 Å². The van der Waals surface area contributed by atoms with Gasteiger partial charge in [0.05, 0.1) is 5.69 Å². The van der Waals surface area contributed by atoms with Gasteiger partial charge in [0.15, 0.2) is 0 Å². The van der Waals surface area contributed by atoms with Crippen molar-refractivity contribution in [3.05, 3.63) is 65.4 Å². The second-order valence-electron chi connectivity index (χ2n) is 6.54. The molecule has 3 rings (SSSR count). The summed E-state index contributed by atoms with van der Waals surface area (Å²) < 4.78 is 1.87. The van der Waals surface area contributed by atoms with E-state index >= 15 is 0 Å². The van der Waals surface area contributed by atoms with Gasteiger partial charge in [0, 0.05) is 17.8 Å². The number of pyridine rings is 2. The van der Waals surface area contributed by atoms with E-state index in [0.29, 0.717) is 11.4 Å². The predicted molar refractivity (Wildman–Crippen MR) is 86.3 cm³/mol. The molecule has 4 heteroatoms. The van der Waals surface area contributed by atoms with Crippen LogP contribution in [-0.4, -0.2) is 20.2 Å². The Kier molecular flexibility index (Phi) is 3.32. The summed E-state index contributed by atoms with van der Waals surface area (Å²) in [6, 6.07) is 9.34. The number of carbonyl (C=O) groups is 1. The standard InChI is InChI=1S/C18H19N3O/c1-12-8-10-21-14(11-12)20-17(18(2,3)4)15(21)16(22)13-7-5-6-9-19-13/h5-11H,1-4H3. The molecule has 0 saturated heterocycles. The largest absolute Gasteiger partial charge is 0.296 e. The normalized spacial score (nSPS) is 11.8. The molecule has 0 aromatic carbocycles. The first kappa shape index (κ1) is 14.4. The van der Waals surface area contributed by atoms with Gasteiger partial charge in [0.2, 0.25) is 5.78 Å². The highest BCUT2D eigenvalue weighted by atomic mass is 16.1. The third kappa shape index (κ3) is 2.41. The lowest BCUT2D eigenvalue weighted by Gasteiger charge is -2.17. The second kappa shape index (κ2) is 5.05. The van der Waals surface area contributed by atoms with E-state index in [-0.39, 0.29) is 11.2 Å². The topological polar surface area (TPSA) is 47.3 Å². The monoisotopic (exact) mass is 293 g/mol. The van der Waals surface area contributed by atoms with Crippen LogP contribution in [-0.2, 0) is 5.41 Å². The number of aryl methyl sites for hydroxylation is 1. The zero-order valence-electron chi connectivity index (χ0n) is 13.3. The van der Waals surface area contributed by atoms with E-state index in [1.54, 1.807) is 18.3 Å². The van der Waals surface area contributed by atoms with E-state index in [1.165, 1.54) is 0 Å². The van der Waals surface area contributed by atoms with Crippen LogP contribution in [0.15, 0.2) is 42.7 Å². The molecule has 0 bridgehead atoms. The van der Waals surface area contributed by atoms with Gasteiger partial charge in [-0.2, -0.15) is 0 Å². The van der Waals surface area contributed by atoms with Crippen LogP contribution in [0.5, 0.6) is 0 Å². The first-order valence-electron chi connectivity index (χ1n) is 7.33. The number of hydrogen-bond acceptors (Lipinski definition) is 3. The fourth-order valence-corrected chi connectivity index (χ4v) is 2.50. The van der Waals surface area contributed by atoms with E-state index in [2.05, 4.69) is 25.8 Å². The van der Waals surface area contributed by atoms with Crippen molar-refractivity contribution < 1.29 is 4.79 Å². The fraction of sp³-hybridized carbons (Fsp3) is 0.278. The minimum absolute atomic E-state index is 0.0955. The van der Waals surface area contributed by atoms with Crippen molar-refractivity contribution in [2.45, 2.75) is 33.1 Å². The average molecular weight is 293 g/mol. The molecule has 3 heterocycles. The lowest BCUT2D eigenvalue weighted by Crippen LogP contribution is -2.19. The van der Waals surface area contributed by atoms with Gasteiger partial charge in [0.25, 0.3) is 0 Å². The highest BCUT2D eigenvalue weighted by molar-refractivity contribution is 6.08. The van der Waals surface area contributed by atoms with Gasteiger partial charge in [-0.15, -0.1) is 0 Å². The molecule has 0 aliphatic rings. The Bertz CT molecular complexity index is 842. The maximum absolute atomic E-state index is 13.0. The quantitative estimate of drug-likeness (QED) is 0.679. The van der Waals surface area contributed by atoms with Crippen LogP contribution in [0.1, 0.15) is 48.2 Å². The fourth-order valence-electron chi connectivity index (χ4n) is 2.50. The SMILES string of the molecule is Cc1ccn2c(C(=O)c3ccccn3)c(C(C)(C)C)nc2c1. The third-order valence-electron chi connectivity index (χ3n) is 3.60. The van der Waals surface area contributed by atoms with Crippen LogP contribution in [0.4, 0.5) is 0 Å². The number of imidazole rings is 1. The molecule has 0 fully saturated rings. The van der Waals surface area contributed by atoms with Gasteiger partial charge in [-0.05, 0) is 36.8 Å². The highest BCUT2D eigenvalue weighted by Gasteiger charge is 2.28. The van der Waals surface area contributed by atoms with E-state index in [0.717, 1.165) is 16.9 Å². The number of carbonyl (C=O) groups excluding carboxylic acids is 1. The molecule has 0 spiro atoms. The third-order valence-corrected chi connectivity index (χ3v) is 3.60. The van der Waals surface area contributed by atoms with Gasteiger partial charge in [0.1, 0.15) is 17.0 Å². The molecule has 0 amide bonds. The van der Waals surface area contributed by atoms with Crippen LogP contribution in [0.25, 0.3) is 5.65 Å². The first-order valence-corrected chi connectivity index (χ1v) is 7.33. The van der Waals surface area contributed by atoms with Gasteiger partial charge in [-0.25, -0.2) is 4.98 Å². The summed E-state index contributed by atoms with van der Waals surface area (Å²) in [5.41, 5.74) is 3.53. The van der Waals surface area contributed by atoms with Gasteiger partial charge in [-0.1, -0.05) is 26.8 Å². The van der Waals surface area contributed by atoms with Crippen molar-refractivity contribution in [2.75, 3.05) is 0 Å². The summed E-state index contributed by atoms with van der Waals surface area (Å²) in [7, 11) is 0. The van der Waals surface area contributed by atoms with E-state index in [4.69, 9.17) is 4.98 Å². The first-order chi connectivity index (χ1) is 10.4. The molecule has 0 aliphatic carbocycles. The van der Waals surface area contributed by atoms with Gasteiger partial charge < -0.3 is 0 Å². The molecular formula is C18H19N3O.